The lowest BCUT2D eigenvalue weighted by Crippen LogP contribution is -2.16. The van der Waals surface area contributed by atoms with Gasteiger partial charge in [-0.25, -0.2) is 0 Å². The maximum Gasteiger partial charge on any atom is -0.000847 e. The third-order valence-electron chi connectivity index (χ3n) is 2.05. The monoisotopic (exact) mass is 195 g/mol. The smallest absolute Gasteiger partial charge is 0.000847 e. The molecule has 0 bridgehead atoms. The lowest BCUT2D eigenvalue weighted by molar-refractivity contribution is 0.671. The Morgan fingerprint density at radius 1 is 1.07 bits per heavy atom. The molecule has 0 aromatic rings. The third kappa shape index (κ3) is 8.06. The van der Waals surface area contributed by atoms with E-state index < -0.39 is 0 Å². The van der Waals surface area contributed by atoms with E-state index in [1.54, 1.807) is 0 Å². The number of hydrogen-bond acceptors (Lipinski definition) is 1. The molecule has 14 heavy (non-hydrogen) atoms. The minimum absolute atomic E-state index is 1.10. The van der Waals surface area contributed by atoms with E-state index in [-0.39, 0.29) is 0 Å². The second-order valence-corrected chi connectivity index (χ2v) is 3.50. The molecule has 0 amide bonds. The van der Waals surface area contributed by atoms with Gasteiger partial charge in [-0.2, -0.15) is 0 Å². The van der Waals surface area contributed by atoms with Crippen LogP contribution in [0.3, 0.4) is 0 Å². The summed E-state index contributed by atoms with van der Waals surface area (Å²) in [6.07, 6.45) is 11.5. The normalized spacial score (nSPS) is 12.6. The average molecular weight is 195 g/mol. The maximum absolute atomic E-state index is 3.43. The van der Waals surface area contributed by atoms with E-state index in [4.69, 9.17) is 0 Å². The topological polar surface area (TPSA) is 12.0 Å². The first-order valence-electron chi connectivity index (χ1n) is 5.91. The van der Waals surface area contributed by atoms with E-state index >= 15 is 0 Å². The number of rotatable bonds is 8. The van der Waals surface area contributed by atoms with E-state index in [9.17, 15) is 0 Å². The summed E-state index contributed by atoms with van der Waals surface area (Å²) in [6.45, 7) is 8.81. The van der Waals surface area contributed by atoms with Crippen LogP contribution in [0.4, 0.5) is 0 Å². The summed E-state index contributed by atoms with van der Waals surface area (Å²) >= 11 is 0. The van der Waals surface area contributed by atoms with Crippen molar-refractivity contribution < 1.29 is 0 Å². The largest absolute Gasteiger partial charge is 0.316 e. The molecular weight excluding hydrogens is 170 g/mol. The van der Waals surface area contributed by atoms with Gasteiger partial charge in [0.15, 0.2) is 0 Å². The van der Waals surface area contributed by atoms with Gasteiger partial charge in [-0.3, -0.25) is 0 Å². The fraction of sp³-hybridized carbons (Fsp3) is 0.692. The standard InChI is InChI=1S/C13H25N/c1-4-7-9-13(8-5-2)10-12-14-11-6-3/h7-9,14H,4-6,10-12H2,1-3H3/b9-7-,13-8+. The molecule has 0 aliphatic rings. The molecule has 0 aromatic heterocycles. The van der Waals surface area contributed by atoms with Crippen LogP contribution in [0.15, 0.2) is 23.8 Å². The molecule has 0 atom stereocenters. The molecule has 0 radical (unpaired) electrons. The average Bonchev–Trinajstić information content (AvgIpc) is 2.20. The van der Waals surface area contributed by atoms with Gasteiger partial charge in [0.1, 0.15) is 0 Å². The van der Waals surface area contributed by atoms with Gasteiger partial charge < -0.3 is 5.32 Å². The van der Waals surface area contributed by atoms with Gasteiger partial charge in [0.05, 0.1) is 0 Å². The van der Waals surface area contributed by atoms with Gasteiger partial charge in [0, 0.05) is 0 Å². The number of allylic oxidation sites excluding steroid dienone is 3. The Morgan fingerprint density at radius 2 is 1.86 bits per heavy atom. The Labute approximate surface area is 89.3 Å². The molecule has 0 rings (SSSR count). The molecule has 82 valence electrons. The molecular formula is C13H25N. The summed E-state index contributed by atoms with van der Waals surface area (Å²) < 4.78 is 0. The highest BCUT2D eigenvalue weighted by Gasteiger charge is 1.91. The van der Waals surface area contributed by atoms with Crippen molar-refractivity contribution in [3.63, 3.8) is 0 Å². The molecule has 0 spiro atoms. The van der Waals surface area contributed by atoms with E-state index in [1.807, 2.05) is 0 Å². The summed E-state index contributed by atoms with van der Waals surface area (Å²) in [5, 5.41) is 3.43. The molecule has 0 heterocycles. The first-order valence-corrected chi connectivity index (χ1v) is 5.91. The van der Waals surface area contributed by atoms with Crippen LogP contribution in [-0.2, 0) is 0 Å². The van der Waals surface area contributed by atoms with Gasteiger partial charge in [-0.05, 0) is 38.8 Å². The van der Waals surface area contributed by atoms with Crippen molar-refractivity contribution in [3.05, 3.63) is 23.8 Å². The van der Waals surface area contributed by atoms with Crippen molar-refractivity contribution in [1.29, 1.82) is 0 Å². The Balaban J connectivity index is 3.74. The van der Waals surface area contributed by atoms with Crippen LogP contribution in [0.1, 0.15) is 46.5 Å². The minimum Gasteiger partial charge on any atom is -0.316 e. The zero-order valence-electron chi connectivity index (χ0n) is 9.97. The molecule has 0 aromatic carbocycles. The second kappa shape index (κ2) is 10.5. The molecule has 1 N–H and O–H groups in total. The molecule has 0 saturated carbocycles. The summed E-state index contributed by atoms with van der Waals surface area (Å²) in [6, 6.07) is 0. The fourth-order valence-electron chi connectivity index (χ4n) is 1.32. The zero-order valence-corrected chi connectivity index (χ0v) is 9.97. The highest BCUT2D eigenvalue weighted by molar-refractivity contribution is 5.18. The molecule has 1 nitrogen and oxygen atoms in total. The highest BCUT2D eigenvalue weighted by Crippen LogP contribution is 2.04. The summed E-state index contributed by atoms with van der Waals surface area (Å²) in [5.74, 6) is 0. The minimum atomic E-state index is 1.10. The predicted molar refractivity (Wildman–Crippen MR) is 65.6 cm³/mol. The number of nitrogens with one attached hydrogen (secondary N) is 1. The lowest BCUT2D eigenvalue weighted by Gasteiger charge is -2.03. The van der Waals surface area contributed by atoms with Crippen LogP contribution in [0.2, 0.25) is 0 Å². The Bertz CT molecular complexity index is 168. The van der Waals surface area contributed by atoms with Crippen LogP contribution in [-0.4, -0.2) is 13.1 Å². The third-order valence-corrected chi connectivity index (χ3v) is 2.05. The Morgan fingerprint density at radius 3 is 2.43 bits per heavy atom. The van der Waals surface area contributed by atoms with Crippen molar-refractivity contribution >= 4 is 0 Å². The van der Waals surface area contributed by atoms with Crippen molar-refractivity contribution in [1.82, 2.24) is 5.32 Å². The number of hydrogen-bond donors (Lipinski definition) is 1. The van der Waals surface area contributed by atoms with Gasteiger partial charge in [0.25, 0.3) is 0 Å². The van der Waals surface area contributed by atoms with E-state index in [1.165, 1.54) is 12.0 Å². The van der Waals surface area contributed by atoms with Crippen molar-refractivity contribution in [2.75, 3.05) is 13.1 Å². The molecule has 0 unspecified atom stereocenters. The Kier molecular flexibility index (Phi) is 10.1. The molecule has 1 heteroatoms. The van der Waals surface area contributed by atoms with Crippen molar-refractivity contribution in [2.24, 2.45) is 0 Å². The fourth-order valence-corrected chi connectivity index (χ4v) is 1.32. The summed E-state index contributed by atoms with van der Waals surface area (Å²) in [4.78, 5) is 0. The zero-order chi connectivity index (χ0) is 10.6. The SMILES string of the molecule is CC/C=C\C(=C/CC)CCNCCC. The van der Waals surface area contributed by atoms with Crippen LogP contribution >= 0.6 is 0 Å². The van der Waals surface area contributed by atoms with Crippen molar-refractivity contribution in [2.45, 2.75) is 46.5 Å². The maximum atomic E-state index is 3.43. The van der Waals surface area contributed by atoms with Gasteiger partial charge in [-0.1, -0.05) is 44.6 Å². The van der Waals surface area contributed by atoms with Crippen LogP contribution < -0.4 is 5.32 Å². The molecule has 0 fully saturated rings. The lowest BCUT2D eigenvalue weighted by atomic mass is 10.1. The van der Waals surface area contributed by atoms with Crippen LogP contribution in [0.25, 0.3) is 0 Å². The molecule has 0 saturated heterocycles. The van der Waals surface area contributed by atoms with E-state index in [2.05, 4.69) is 44.3 Å². The van der Waals surface area contributed by atoms with Gasteiger partial charge in [-0.15, -0.1) is 0 Å². The second-order valence-electron chi connectivity index (χ2n) is 3.50. The Hall–Kier alpha value is -0.560. The van der Waals surface area contributed by atoms with E-state index in [0.717, 1.165) is 32.4 Å². The predicted octanol–water partition coefficient (Wildman–Crippen LogP) is 3.68. The first-order chi connectivity index (χ1) is 6.85. The molecule has 0 aliphatic heterocycles. The summed E-state index contributed by atoms with van der Waals surface area (Å²) in [5.41, 5.74) is 1.47. The molecule has 0 aliphatic carbocycles. The van der Waals surface area contributed by atoms with Crippen LogP contribution in [0.5, 0.6) is 0 Å². The van der Waals surface area contributed by atoms with Gasteiger partial charge in [0.2, 0.25) is 0 Å². The van der Waals surface area contributed by atoms with E-state index in [0.29, 0.717) is 0 Å². The van der Waals surface area contributed by atoms with Crippen LogP contribution in [0, 0.1) is 0 Å². The first kappa shape index (κ1) is 13.4. The van der Waals surface area contributed by atoms with Gasteiger partial charge >= 0.3 is 0 Å². The van der Waals surface area contributed by atoms with Crippen molar-refractivity contribution in [3.8, 4) is 0 Å². The quantitative estimate of drug-likeness (QED) is 0.460. The highest BCUT2D eigenvalue weighted by atomic mass is 14.8. The summed E-state index contributed by atoms with van der Waals surface area (Å²) in [7, 11) is 0.